The second-order valence-electron chi connectivity index (χ2n) is 3.67. The second kappa shape index (κ2) is 4.14. The predicted molar refractivity (Wildman–Crippen MR) is 67.9 cm³/mol. The Bertz CT molecular complexity index is 642. The van der Waals surface area contributed by atoms with Crippen molar-refractivity contribution in [3.8, 4) is 0 Å². The number of hydrogen-bond donors (Lipinski definition) is 1. The van der Waals surface area contributed by atoms with Crippen molar-refractivity contribution < 1.29 is 0 Å². The first-order valence-electron chi connectivity index (χ1n) is 5.23. The van der Waals surface area contributed by atoms with Gasteiger partial charge in [-0.1, -0.05) is 0 Å². The lowest BCUT2D eigenvalue weighted by Gasteiger charge is -2.05. The zero-order valence-electron chi connectivity index (χ0n) is 9.29. The highest BCUT2D eigenvalue weighted by molar-refractivity contribution is 7.17. The highest BCUT2D eigenvalue weighted by Crippen LogP contribution is 2.24. The molecule has 0 fully saturated rings. The number of nitrogens with zero attached hydrogens (tertiary/aromatic N) is 4. The molecule has 0 atom stereocenters. The van der Waals surface area contributed by atoms with Crippen molar-refractivity contribution in [3.05, 3.63) is 36.0 Å². The van der Waals surface area contributed by atoms with Gasteiger partial charge >= 0.3 is 0 Å². The lowest BCUT2D eigenvalue weighted by molar-refractivity contribution is 0.811. The summed E-state index contributed by atoms with van der Waals surface area (Å²) < 4.78 is 3.07. The molecule has 0 aliphatic heterocycles. The molecule has 3 aromatic heterocycles. The zero-order valence-corrected chi connectivity index (χ0v) is 10.1. The topological polar surface area (TPSA) is 55.6 Å². The third-order valence-corrected chi connectivity index (χ3v) is 3.49. The first-order chi connectivity index (χ1) is 8.34. The van der Waals surface area contributed by atoms with E-state index in [1.165, 1.54) is 0 Å². The molecule has 86 valence electrons. The van der Waals surface area contributed by atoms with Crippen LogP contribution < -0.4 is 5.32 Å². The maximum Gasteiger partial charge on any atom is 0.147 e. The van der Waals surface area contributed by atoms with Gasteiger partial charge in [0.05, 0.1) is 16.8 Å². The van der Waals surface area contributed by atoms with Crippen LogP contribution in [0.3, 0.4) is 0 Å². The van der Waals surface area contributed by atoms with Crippen LogP contribution >= 0.6 is 11.3 Å². The van der Waals surface area contributed by atoms with E-state index in [4.69, 9.17) is 0 Å². The summed E-state index contributed by atoms with van der Waals surface area (Å²) in [6, 6.07) is 1.99. The molecule has 17 heavy (non-hydrogen) atoms. The fraction of sp³-hybridized carbons (Fsp3) is 0.182. The average Bonchev–Trinajstić information content (AvgIpc) is 2.95. The van der Waals surface area contributed by atoms with E-state index in [0.29, 0.717) is 6.54 Å². The standard InChI is InChI=1S/C11H11N5S/c1-16-4-3-12-9(16)6-13-11-10-8(2-5-17-10)14-7-15-11/h2-5,7H,6H2,1H3,(H,13,14,15). The number of rotatable bonds is 3. The van der Waals surface area contributed by atoms with Gasteiger partial charge in [0, 0.05) is 19.4 Å². The van der Waals surface area contributed by atoms with Gasteiger partial charge in [0.2, 0.25) is 0 Å². The lowest BCUT2D eigenvalue weighted by atomic mass is 10.4. The van der Waals surface area contributed by atoms with Gasteiger partial charge in [-0.25, -0.2) is 15.0 Å². The first kappa shape index (κ1) is 10.2. The van der Waals surface area contributed by atoms with Gasteiger partial charge in [-0.15, -0.1) is 11.3 Å². The Morgan fingerprint density at radius 1 is 1.35 bits per heavy atom. The highest BCUT2D eigenvalue weighted by Gasteiger charge is 2.05. The number of aromatic nitrogens is 4. The zero-order chi connectivity index (χ0) is 11.7. The summed E-state index contributed by atoms with van der Waals surface area (Å²) >= 11 is 1.64. The predicted octanol–water partition coefficient (Wildman–Crippen LogP) is 2.04. The van der Waals surface area contributed by atoms with E-state index < -0.39 is 0 Å². The third-order valence-electron chi connectivity index (χ3n) is 2.58. The van der Waals surface area contributed by atoms with Gasteiger partial charge in [0.25, 0.3) is 0 Å². The van der Waals surface area contributed by atoms with Crippen LogP contribution in [-0.2, 0) is 13.6 Å². The minimum Gasteiger partial charge on any atom is -0.362 e. The fourth-order valence-corrected chi connectivity index (χ4v) is 2.46. The van der Waals surface area contributed by atoms with E-state index in [2.05, 4.69) is 20.3 Å². The van der Waals surface area contributed by atoms with Crippen LogP contribution in [0.15, 0.2) is 30.2 Å². The minimum absolute atomic E-state index is 0.660. The molecule has 0 spiro atoms. The van der Waals surface area contributed by atoms with Crippen LogP contribution in [0.25, 0.3) is 10.2 Å². The smallest absolute Gasteiger partial charge is 0.147 e. The molecule has 0 aliphatic carbocycles. The number of imidazole rings is 1. The number of anilines is 1. The van der Waals surface area contributed by atoms with Gasteiger partial charge < -0.3 is 9.88 Å². The Kier molecular flexibility index (Phi) is 2.49. The van der Waals surface area contributed by atoms with Gasteiger partial charge in [-0.2, -0.15) is 0 Å². The summed E-state index contributed by atoms with van der Waals surface area (Å²) in [7, 11) is 1.98. The van der Waals surface area contributed by atoms with Crippen molar-refractivity contribution in [2.24, 2.45) is 7.05 Å². The lowest BCUT2D eigenvalue weighted by Crippen LogP contribution is -2.06. The Hall–Kier alpha value is -1.95. The number of nitrogens with one attached hydrogen (secondary N) is 1. The van der Waals surface area contributed by atoms with Crippen LogP contribution in [0, 0.1) is 0 Å². The fourth-order valence-electron chi connectivity index (χ4n) is 1.64. The molecule has 3 rings (SSSR count). The molecule has 0 bridgehead atoms. The quantitative estimate of drug-likeness (QED) is 0.767. The van der Waals surface area contributed by atoms with Crippen molar-refractivity contribution in [2.45, 2.75) is 6.54 Å². The summed E-state index contributed by atoms with van der Waals surface area (Å²) in [6.07, 6.45) is 5.30. The Balaban J connectivity index is 1.86. The molecule has 3 aromatic rings. The van der Waals surface area contributed by atoms with Crippen molar-refractivity contribution in [1.82, 2.24) is 19.5 Å². The molecule has 0 radical (unpaired) electrons. The molecule has 0 aliphatic rings. The molecule has 0 amide bonds. The molecule has 1 N–H and O–H groups in total. The van der Waals surface area contributed by atoms with Crippen LogP contribution in [0.4, 0.5) is 5.82 Å². The highest BCUT2D eigenvalue weighted by atomic mass is 32.1. The van der Waals surface area contributed by atoms with Gasteiger partial charge in [0.15, 0.2) is 0 Å². The van der Waals surface area contributed by atoms with E-state index in [1.807, 2.05) is 29.3 Å². The molecule has 0 saturated heterocycles. The van der Waals surface area contributed by atoms with E-state index in [0.717, 1.165) is 21.9 Å². The number of fused-ring (bicyclic) bond motifs is 1. The van der Waals surface area contributed by atoms with E-state index in [9.17, 15) is 0 Å². The number of hydrogen-bond acceptors (Lipinski definition) is 5. The largest absolute Gasteiger partial charge is 0.362 e. The molecule has 0 unspecified atom stereocenters. The van der Waals surface area contributed by atoms with Crippen molar-refractivity contribution in [1.29, 1.82) is 0 Å². The van der Waals surface area contributed by atoms with Crippen LogP contribution in [-0.4, -0.2) is 19.5 Å². The number of aryl methyl sites for hydroxylation is 1. The Morgan fingerprint density at radius 2 is 2.29 bits per heavy atom. The summed E-state index contributed by atoms with van der Waals surface area (Å²) in [4.78, 5) is 12.7. The number of thiophene rings is 1. The Morgan fingerprint density at radius 3 is 3.12 bits per heavy atom. The van der Waals surface area contributed by atoms with E-state index in [1.54, 1.807) is 23.9 Å². The van der Waals surface area contributed by atoms with Crippen molar-refractivity contribution in [3.63, 3.8) is 0 Å². The van der Waals surface area contributed by atoms with Gasteiger partial charge in [-0.05, 0) is 11.4 Å². The summed E-state index contributed by atoms with van der Waals surface area (Å²) in [5.41, 5.74) is 0.979. The summed E-state index contributed by atoms with van der Waals surface area (Å²) in [5, 5.41) is 5.31. The van der Waals surface area contributed by atoms with Crippen LogP contribution in [0.2, 0.25) is 0 Å². The maximum atomic E-state index is 4.26. The van der Waals surface area contributed by atoms with Gasteiger partial charge in [-0.3, -0.25) is 0 Å². The first-order valence-corrected chi connectivity index (χ1v) is 6.11. The normalized spacial score (nSPS) is 10.9. The Labute approximate surface area is 102 Å². The molecule has 5 nitrogen and oxygen atoms in total. The monoisotopic (exact) mass is 245 g/mol. The van der Waals surface area contributed by atoms with Crippen molar-refractivity contribution >= 4 is 27.4 Å². The van der Waals surface area contributed by atoms with Crippen LogP contribution in [0.5, 0.6) is 0 Å². The minimum atomic E-state index is 0.660. The van der Waals surface area contributed by atoms with E-state index in [-0.39, 0.29) is 0 Å². The average molecular weight is 245 g/mol. The summed E-state index contributed by atoms with van der Waals surface area (Å²) in [5.74, 6) is 1.85. The van der Waals surface area contributed by atoms with Gasteiger partial charge in [0.1, 0.15) is 18.0 Å². The molecule has 0 saturated carbocycles. The van der Waals surface area contributed by atoms with Crippen LogP contribution in [0.1, 0.15) is 5.82 Å². The third kappa shape index (κ3) is 1.87. The molecule has 6 heteroatoms. The van der Waals surface area contributed by atoms with E-state index >= 15 is 0 Å². The second-order valence-corrected chi connectivity index (χ2v) is 4.58. The maximum absolute atomic E-state index is 4.26. The molecular formula is C11H11N5S. The summed E-state index contributed by atoms with van der Waals surface area (Å²) in [6.45, 7) is 0.660. The SMILES string of the molecule is Cn1ccnc1CNc1ncnc2ccsc12. The molecule has 3 heterocycles. The molecule has 0 aromatic carbocycles. The van der Waals surface area contributed by atoms with Crippen molar-refractivity contribution in [2.75, 3.05) is 5.32 Å². The molecular weight excluding hydrogens is 234 g/mol.